The molecule has 0 unspecified atom stereocenters. The number of fused-ring (bicyclic) bond motifs is 1. The molecule has 0 atom stereocenters. The lowest BCUT2D eigenvalue weighted by Crippen LogP contribution is -2.03. The van der Waals surface area contributed by atoms with E-state index >= 15 is 0 Å². The smallest absolute Gasteiger partial charge is 0.164 e. The van der Waals surface area contributed by atoms with Crippen molar-refractivity contribution in [1.29, 1.82) is 0 Å². The molecule has 19 heavy (non-hydrogen) atoms. The average Bonchev–Trinajstić information content (AvgIpc) is 2.68. The number of pyridine rings is 1. The van der Waals surface area contributed by atoms with E-state index < -0.39 is 0 Å². The number of aryl methyl sites for hydroxylation is 1. The Labute approximate surface area is 115 Å². The van der Waals surface area contributed by atoms with Crippen LogP contribution in [0.3, 0.4) is 0 Å². The first-order valence-electron chi connectivity index (χ1n) is 5.97. The van der Waals surface area contributed by atoms with Crippen molar-refractivity contribution < 1.29 is 0 Å². The Kier molecular flexibility index (Phi) is 2.87. The van der Waals surface area contributed by atoms with Gasteiger partial charge in [-0.2, -0.15) is 5.10 Å². The molecule has 1 aromatic carbocycles. The van der Waals surface area contributed by atoms with Gasteiger partial charge < -0.3 is 5.73 Å². The number of anilines is 1. The van der Waals surface area contributed by atoms with Crippen LogP contribution < -0.4 is 5.73 Å². The van der Waals surface area contributed by atoms with Gasteiger partial charge in [-0.15, -0.1) is 0 Å². The van der Waals surface area contributed by atoms with E-state index in [-0.39, 0.29) is 0 Å². The van der Waals surface area contributed by atoms with Crippen LogP contribution in [0.4, 0.5) is 5.82 Å². The second-order valence-electron chi connectivity index (χ2n) is 4.50. The Morgan fingerprint density at radius 1 is 1.32 bits per heavy atom. The number of benzene rings is 1. The van der Waals surface area contributed by atoms with Crippen molar-refractivity contribution in [1.82, 2.24) is 14.8 Å². The van der Waals surface area contributed by atoms with E-state index in [1.165, 1.54) is 0 Å². The summed E-state index contributed by atoms with van der Waals surface area (Å²) in [5.74, 6) is 0.358. The largest absolute Gasteiger partial charge is 0.381 e. The van der Waals surface area contributed by atoms with E-state index in [9.17, 15) is 0 Å². The van der Waals surface area contributed by atoms with E-state index in [0.717, 1.165) is 22.2 Å². The van der Waals surface area contributed by atoms with Crippen LogP contribution in [0.1, 0.15) is 11.3 Å². The molecule has 0 radical (unpaired) electrons. The van der Waals surface area contributed by atoms with Gasteiger partial charge in [0.1, 0.15) is 5.02 Å². The van der Waals surface area contributed by atoms with Gasteiger partial charge in [0.05, 0.1) is 12.1 Å². The molecule has 0 saturated heterocycles. The molecule has 0 spiro atoms. The van der Waals surface area contributed by atoms with E-state index in [0.29, 0.717) is 17.4 Å². The Hall–Kier alpha value is -2.07. The van der Waals surface area contributed by atoms with Crippen LogP contribution in [-0.4, -0.2) is 14.8 Å². The molecule has 2 heterocycles. The van der Waals surface area contributed by atoms with Gasteiger partial charge in [-0.1, -0.05) is 29.8 Å². The van der Waals surface area contributed by atoms with Gasteiger partial charge in [0, 0.05) is 17.3 Å². The normalized spacial score (nSPS) is 11.1. The van der Waals surface area contributed by atoms with Crippen LogP contribution >= 0.6 is 11.6 Å². The number of aromatic nitrogens is 3. The van der Waals surface area contributed by atoms with Crippen LogP contribution in [-0.2, 0) is 6.54 Å². The lowest BCUT2D eigenvalue weighted by atomic mass is 10.1. The molecule has 2 aromatic heterocycles. The zero-order chi connectivity index (χ0) is 13.4. The van der Waals surface area contributed by atoms with E-state index in [4.69, 9.17) is 17.3 Å². The first kappa shape index (κ1) is 12.0. The van der Waals surface area contributed by atoms with Gasteiger partial charge >= 0.3 is 0 Å². The van der Waals surface area contributed by atoms with Gasteiger partial charge in [-0.25, -0.2) is 0 Å². The minimum Gasteiger partial charge on any atom is -0.381 e. The molecule has 96 valence electrons. The van der Waals surface area contributed by atoms with Crippen molar-refractivity contribution in [3.63, 3.8) is 0 Å². The molecular formula is C14H13ClN4. The molecule has 4 nitrogen and oxygen atoms in total. The molecule has 0 bridgehead atoms. The number of hydrogen-bond acceptors (Lipinski definition) is 3. The number of nitrogens with two attached hydrogens (primary N) is 1. The average molecular weight is 273 g/mol. The van der Waals surface area contributed by atoms with Gasteiger partial charge in [0.2, 0.25) is 0 Å². The van der Waals surface area contributed by atoms with Crippen molar-refractivity contribution in [2.75, 3.05) is 5.73 Å². The van der Waals surface area contributed by atoms with Crippen LogP contribution in [0.15, 0.2) is 36.5 Å². The number of nitrogen functional groups attached to an aromatic ring is 1. The fraction of sp³-hybridized carbons (Fsp3) is 0.143. The van der Waals surface area contributed by atoms with Gasteiger partial charge in [0.15, 0.2) is 5.82 Å². The fourth-order valence-electron chi connectivity index (χ4n) is 2.19. The minimum absolute atomic E-state index is 0.358. The van der Waals surface area contributed by atoms with Crippen LogP contribution in [0.25, 0.3) is 10.9 Å². The van der Waals surface area contributed by atoms with Crippen LogP contribution in [0, 0.1) is 6.92 Å². The maximum atomic E-state index is 5.92. The molecular weight excluding hydrogens is 260 g/mol. The zero-order valence-electron chi connectivity index (χ0n) is 10.5. The molecule has 0 fully saturated rings. The number of halogens is 1. The van der Waals surface area contributed by atoms with Crippen LogP contribution in [0.2, 0.25) is 5.02 Å². The quantitative estimate of drug-likeness (QED) is 0.780. The third-order valence-electron chi connectivity index (χ3n) is 3.01. The summed E-state index contributed by atoms with van der Waals surface area (Å²) in [6.45, 7) is 2.61. The van der Waals surface area contributed by atoms with Crippen molar-refractivity contribution in [3.8, 4) is 0 Å². The second-order valence-corrected chi connectivity index (χ2v) is 4.91. The summed E-state index contributed by atoms with van der Waals surface area (Å²) in [5, 5.41) is 5.79. The molecule has 3 aromatic rings. The summed E-state index contributed by atoms with van der Waals surface area (Å²) in [6, 6.07) is 10.1. The second kappa shape index (κ2) is 4.55. The summed E-state index contributed by atoms with van der Waals surface area (Å²) < 4.78 is 1.75. The summed E-state index contributed by atoms with van der Waals surface area (Å²) >= 11 is 5.92. The van der Waals surface area contributed by atoms with Gasteiger partial charge in [-0.3, -0.25) is 9.67 Å². The van der Waals surface area contributed by atoms with E-state index in [2.05, 4.69) is 22.2 Å². The molecule has 2 N–H and O–H groups in total. The van der Waals surface area contributed by atoms with Crippen molar-refractivity contribution in [2.45, 2.75) is 13.5 Å². The molecule has 0 aliphatic carbocycles. The highest BCUT2D eigenvalue weighted by Crippen LogP contribution is 2.21. The zero-order valence-corrected chi connectivity index (χ0v) is 11.2. The topological polar surface area (TPSA) is 56.7 Å². The number of para-hydroxylation sites is 1. The number of hydrogen-bond donors (Lipinski definition) is 1. The molecule has 0 aliphatic heterocycles. The van der Waals surface area contributed by atoms with E-state index in [1.54, 1.807) is 10.9 Å². The van der Waals surface area contributed by atoms with E-state index in [1.807, 2.05) is 25.1 Å². The van der Waals surface area contributed by atoms with Gasteiger partial charge in [-0.05, 0) is 24.6 Å². The highest BCUT2D eigenvalue weighted by Gasteiger charge is 2.07. The summed E-state index contributed by atoms with van der Waals surface area (Å²) in [4.78, 5) is 4.52. The highest BCUT2D eigenvalue weighted by molar-refractivity contribution is 6.32. The Bertz CT molecular complexity index is 729. The fourth-order valence-corrected chi connectivity index (χ4v) is 2.34. The maximum Gasteiger partial charge on any atom is 0.164 e. The lowest BCUT2D eigenvalue weighted by molar-refractivity contribution is 0.693. The maximum absolute atomic E-state index is 5.92. The van der Waals surface area contributed by atoms with Gasteiger partial charge in [0.25, 0.3) is 0 Å². The molecule has 5 heteroatoms. The summed E-state index contributed by atoms with van der Waals surface area (Å²) in [7, 11) is 0. The summed E-state index contributed by atoms with van der Waals surface area (Å²) in [5.41, 5.74) is 8.79. The molecule has 3 rings (SSSR count). The van der Waals surface area contributed by atoms with Crippen molar-refractivity contribution in [2.24, 2.45) is 0 Å². The molecule has 0 amide bonds. The number of rotatable bonds is 2. The lowest BCUT2D eigenvalue weighted by Gasteiger charge is -2.07. The monoisotopic (exact) mass is 272 g/mol. The standard InChI is InChI=1S/C14H13ClN4/c1-9-6-10(7-19-8-12(15)14(16)18-19)11-4-2-3-5-13(11)17-9/h2-6,8H,7H2,1H3,(H2,16,18). The Morgan fingerprint density at radius 2 is 2.11 bits per heavy atom. The third kappa shape index (κ3) is 2.27. The predicted octanol–water partition coefficient (Wildman–Crippen LogP) is 3.02. The van der Waals surface area contributed by atoms with Crippen molar-refractivity contribution in [3.05, 3.63) is 52.8 Å². The van der Waals surface area contributed by atoms with Crippen LogP contribution in [0.5, 0.6) is 0 Å². The minimum atomic E-state index is 0.358. The number of nitrogens with zero attached hydrogens (tertiary/aromatic N) is 3. The highest BCUT2D eigenvalue weighted by atomic mass is 35.5. The summed E-state index contributed by atoms with van der Waals surface area (Å²) in [6.07, 6.45) is 1.74. The molecule has 0 aliphatic rings. The first-order chi connectivity index (χ1) is 9.13. The Balaban J connectivity index is 2.09. The Morgan fingerprint density at radius 3 is 2.84 bits per heavy atom. The molecule has 0 saturated carbocycles. The third-order valence-corrected chi connectivity index (χ3v) is 3.30. The van der Waals surface area contributed by atoms with Crippen molar-refractivity contribution >= 4 is 28.3 Å². The predicted molar refractivity (Wildman–Crippen MR) is 77.2 cm³/mol. The first-order valence-corrected chi connectivity index (χ1v) is 6.35. The SMILES string of the molecule is Cc1cc(Cn2cc(Cl)c(N)n2)c2ccccc2n1.